The predicted molar refractivity (Wildman–Crippen MR) is 91.8 cm³/mol. The number of nitrogens with one attached hydrogen (secondary N) is 1. The first kappa shape index (κ1) is 23.0. The second-order valence-electron chi connectivity index (χ2n) is 7.83. The smallest absolute Gasteiger partial charge is 0.444 e. The Bertz CT molecular complexity index is 553. The molecule has 3 amide bonds. The standard InChI is InChI=1S/C17H28F3N3O4/c1-11(21-15(26)27-16(2,3)4)10-22(5)13(24)12-6-8-23(9-7-12)14(25)17(18,19)20/h11-12H,6-10H2,1-5H3,(H,21,26)/t11-/m0/s1. The van der Waals surface area contributed by atoms with Gasteiger partial charge in [-0.15, -0.1) is 0 Å². The Labute approximate surface area is 157 Å². The third-order valence-electron chi connectivity index (χ3n) is 4.06. The van der Waals surface area contributed by atoms with E-state index in [2.05, 4.69) is 5.32 Å². The fourth-order valence-corrected chi connectivity index (χ4v) is 2.88. The molecule has 1 rings (SSSR count). The van der Waals surface area contributed by atoms with Crippen molar-refractivity contribution in [2.45, 2.75) is 58.4 Å². The molecule has 1 fully saturated rings. The quantitative estimate of drug-likeness (QED) is 0.791. The summed E-state index contributed by atoms with van der Waals surface area (Å²) in [5, 5.41) is 2.63. The fourth-order valence-electron chi connectivity index (χ4n) is 2.88. The maximum absolute atomic E-state index is 12.5. The Morgan fingerprint density at radius 2 is 1.70 bits per heavy atom. The summed E-state index contributed by atoms with van der Waals surface area (Å²) in [6.07, 6.45) is -5.12. The van der Waals surface area contributed by atoms with Gasteiger partial charge < -0.3 is 19.9 Å². The van der Waals surface area contributed by atoms with Crippen LogP contribution in [0.1, 0.15) is 40.5 Å². The Balaban J connectivity index is 2.46. The molecule has 156 valence electrons. The van der Waals surface area contributed by atoms with E-state index in [4.69, 9.17) is 4.74 Å². The molecule has 0 aliphatic carbocycles. The van der Waals surface area contributed by atoms with Crippen molar-refractivity contribution in [3.63, 3.8) is 0 Å². The molecule has 1 saturated heterocycles. The van der Waals surface area contributed by atoms with E-state index in [9.17, 15) is 27.6 Å². The molecule has 1 aliphatic rings. The van der Waals surface area contributed by atoms with Crippen LogP contribution in [0.4, 0.5) is 18.0 Å². The van der Waals surface area contributed by atoms with Crippen LogP contribution < -0.4 is 5.32 Å². The molecule has 0 radical (unpaired) electrons. The Hall–Kier alpha value is -2.00. The van der Waals surface area contributed by atoms with E-state index in [1.807, 2.05) is 0 Å². The molecule has 10 heteroatoms. The van der Waals surface area contributed by atoms with Crippen LogP contribution >= 0.6 is 0 Å². The molecule has 1 atom stereocenters. The van der Waals surface area contributed by atoms with Crippen molar-refractivity contribution >= 4 is 17.9 Å². The van der Waals surface area contributed by atoms with Crippen molar-refractivity contribution in [3.05, 3.63) is 0 Å². The van der Waals surface area contributed by atoms with Gasteiger partial charge in [-0.2, -0.15) is 13.2 Å². The summed E-state index contributed by atoms with van der Waals surface area (Å²) in [4.78, 5) is 37.6. The molecule has 27 heavy (non-hydrogen) atoms. The van der Waals surface area contributed by atoms with E-state index in [0.717, 1.165) is 4.90 Å². The lowest BCUT2D eigenvalue weighted by Crippen LogP contribution is -2.49. The molecule has 0 aromatic rings. The van der Waals surface area contributed by atoms with Gasteiger partial charge in [0, 0.05) is 38.6 Å². The van der Waals surface area contributed by atoms with Gasteiger partial charge in [0.15, 0.2) is 0 Å². The highest BCUT2D eigenvalue weighted by Crippen LogP contribution is 2.24. The van der Waals surface area contributed by atoms with E-state index in [-0.39, 0.29) is 44.4 Å². The van der Waals surface area contributed by atoms with Crippen molar-refractivity contribution in [3.8, 4) is 0 Å². The molecule has 7 nitrogen and oxygen atoms in total. The zero-order valence-electron chi connectivity index (χ0n) is 16.4. The van der Waals surface area contributed by atoms with Gasteiger partial charge in [0.25, 0.3) is 0 Å². The maximum Gasteiger partial charge on any atom is 0.471 e. The van der Waals surface area contributed by atoms with Crippen molar-refractivity contribution in [2.24, 2.45) is 5.92 Å². The summed E-state index contributed by atoms with van der Waals surface area (Å²) >= 11 is 0. The molecule has 0 bridgehead atoms. The number of hydrogen-bond acceptors (Lipinski definition) is 4. The molecule has 1 N–H and O–H groups in total. The van der Waals surface area contributed by atoms with Crippen molar-refractivity contribution in [1.82, 2.24) is 15.1 Å². The third-order valence-corrected chi connectivity index (χ3v) is 4.06. The fraction of sp³-hybridized carbons (Fsp3) is 0.824. The number of carbonyl (C=O) groups excluding carboxylic acids is 3. The summed E-state index contributed by atoms with van der Waals surface area (Å²) in [5.41, 5.74) is -0.632. The molecule has 0 spiro atoms. The SMILES string of the molecule is C[C@@H](CN(C)C(=O)C1CCN(C(=O)C(F)(F)F)CC1)NC(=O)OC(C)(C)C. The lowest BCUT2D eigenvalue weighted by molar-refractivity contribution is -0.187. The zero-order chi connectivity index (χ0) is 21.0. The van der Waals surface area contributed by atoms with Crippen molar-refractivity contribution in [2.75, 3.05) is 26.7 Å². The largest absolute Gasteiger partial charge is 0.471 e. The average Bonchev–Trinajstić information content (AvgIpc) is 2.50. The molecule has 1 heterocycles. The van der Waals surface area contributed by atoms with Gasteiger partial charge >= 0.3 is 18.2 Å². The monoisotopic (exact) mass is 395 g/mol. The molecular formula is C17H28F3N3O4. The lowest BCUT2D eigenvalue weighted by Gasteiger charge is -2.34. The first-order chi connectivity index (χ1) is 12.2. The number of ether oxygens (including phenoxy) is 1. The lowest BCUT2D eigenvalue weighted by atomic mass is 9.95. The second kappa shape index (κ2) is 8.79. The van der Waals surface area contributed by atoms with E-state index in [0.29, 0.717) is 0 Å². The summed E-state index contributed by atoms with van der Waals surface area (Å²) in [7, 11) is 1.57. The Morgan fingerprint density at radius 1 is 1.19 bits per heavy atom. The number of hydrogen-bond donors (Lipinski definition) is 1. The molecule has 1 aliphatic heterocycles. The van der Waals surface area contributed by atoms with Gasteiger partial charge in [0.1, 0.15) is 5.60 Å². The number of rotatable bonds is 4. The Morgan fingerprint density at radius 3 is 2.15 bits per heavy atom. The molecular weight excluding hydrogens is 367 g/mol. The van der Waals surface area contributed by atoms with E-state index < -0.39 is 29.7 Å². The zero-order valence-corrected chi connectivity index (χ0v) is 16.4. The first-order valence-electron chi connectivity index (χ1n) is 8.81. The van der Waals surface area contributed by atoms with Gasteiger partial charge in [0.2, 0.25) is 5.91 Å². The van der Waals surface area contributed by atoms with Crippen LogP contribution in [-0.4, -0.2) is 72.2 Å². The van der Waals surface area contributed by atoms with Gasteiger partial charge in [0.05, 0.1) is 0 Å². The Kier molecular flexibility index (Phi) is 7.50. The maximum atomic E-state index is 12.5. The predicted octanol–water partition coefficient (Wildman–Crippen LogP) is 2.16. The van der Waals surface area contributed by atoms with E-state index >= 15 is 0 Å². The number of alkyl halides is 3. The third kappa shape index (κ3) is 7.64. The number of alkyl carbamates (subject to hydrolysis) is 1. The first-order valence-corrected chi connectivity index (χ1v) is 8.81. The minimum atomic E-state index is -4.89. The minimum absolute atomic E-state index is 0.103. The number of amides is 3. The topological polar surface area (TPSA) is 79.0 Å². The second-order valence-corrected chi connectivity index (χ2v) is 7.83. The highest BCUT2D eigenvalue weighted by molar-refractivity contribution is 5.83. The molecule has 0 aromatic heterocycles. The number of halogens is 3. The number of likely N-dealkylation sites (N-methyl/N-ethyl adjacent to an activating group) is 1. The summed E-state index contributed by atoms with van der Waals surface area (Å²) in [5.74, 6) is -2.52. The van der Waals surface area contributed by atoms with Crippen LogP contribution in [0.5, 0.6) is 0 Å². The van der Waals surface area contributed by atoms with Crippen LogP contribution in [0.15, 0.2) is 0 Å². The highest BCUT2D eigenvalue weighted by Gasteiger charge is 2.43. The van der Waals surface area contributed by atoms with Crippen molar-refractivity contribution < 1.29 is 32.3 Å². The highest BCUT2D eigenvalue weighted by atomic mass is 19.4. The number of carbonyl (C=O) groups is 3. The van der Waals surface area contributed by atoms with E-state index in [1.165, 1.54) is 4.90 Å². The number of likely N-dealkylation sites (tertiary alicyclic amines) is 1. The number of piperidine rings is 1. The van der Waals surface area contributed by atoms with Gasteiger partial charge in [-0.3, -0.25) is 9.59 Å². The number of nitrogens with zero attached hydrogens (tertiary/aromatic N) is 2. The van der Waals surface area contributed by atoms with Crippen LogP contribution in [-0.2, 0) is 14.3 Å². The van der Waals surface area contributed by atoms with Crippen LogP contribution in [0, 0.1) is 5.92 Å². The summed E-state index contributed by atoms with van der Waals surface area (Å²) in [6, 6.07) is -0.360. The van der Waals surface area contributed by atoms with Crippen molar-refractivity contribution in [1.29, 1.82) is 0 Å². The summed E-state index contributed by atoms with van der Waals surface area (Å²) in [6.45, 7) is 6.97. The van der Waals surface area contributed by atoms with E-state index in [1.54, 1.807) is 34.7 Å². The molecule has 0 unspecified atom stereocenters. The van der Waals surface area contributed by atoms with Gasteiger partial charge in [-0.1, -0.05) is 0 Å². The van der Waals surface area contributed by atoms with Crippen LogP contribution in [0.2, 0.25) is 0 Å². The average molecular weight is 395 g/mol. The molecule has 0 aromatic carbocycles. The van der Waals surface area contributed by atoms with Crippen LogP contribution in [0.25, 0.3) is 0 Å². The van der Waals surface area contributed by atoms with Gasteiger partial charge in [-0.25, -0.2) is 4.79 Å². The summed E-state index contributed by atoms with van der Waals surface area (Å²) < 4.78 is 42.5. The minimum Gasteiger partial charge on any atom is -0.444 e. The van der Waals surface area contributed by atoms with Gasteiger partial charge in [-0.05, 0) is 40.5 Å². The van der Waals surface area contributed by atoms with Crippen LogP contribution in [0.3, 0.4) is 0 Å². The normalized spacial score (nSPS) is 17.3. The molecule has 0 saturated carbocycles.